The summed E-state index contributed by atoms with van der Waals surface area (Å²) in [5.74, 6) is 3.59. The van der Waals surface area contributed by atoms with Crippen LogP contribution in [0.5, 0.6) is 0 Å². The highest BCUT2D eigenvalue weighted by Gasteiger charge is 2.52. The van der Waals surface area contributed by atoms with Gasteiger partial charge in [0.1, 0.15) is 0 Å². The molecule has 0 amide bonds. The van der Waals surface area contributed by atoms with E-state index < -0.39 is 18.3 Å². The Morgan fingerprint density at radius 1 is 0.321 bits per heavy atom. The fraction of sp³-hybridized carbons (Fsp3) is 0.0833. The molecule has 0 spiro atoms. The van der Waals surface area contributed by atoms with Gasteiger partial charge in [0.15, 0.2) is 34.9 Å². The topological polar surface area (TPSA) is 106 Å². The minimum atomic E-state index is -0.542. The van der Waals surface area contributed by atoms with E-state index in [1.807, 2.05) is 140 Å². The van der Waals surface area contributed by atoms with E-state index in [2.05, 4.69) is 152 Å². The van der Waals surface area contributed by atoms with Crippen molar-refractivity contribution < 1.29 is 9.31 Å². The lowest BCUT2D eigenvalue weighted by Gasteiger charge is -2.32. The Kier molecular flexibility index (Phi) is 13.3. The van der Waals surface area contributed by atoms with Crippen molar-refractivity contribution in [2.24, 2.45) is 0 Å². The molecule has 0 N–H and O–H groups in total. The number of benzene rings is 10. The van der Waals surface area contributed by atoms with Crippen molar-refractivity contribution in [3.05, 3.63) is 260 Å². The van der Waals surface area contributed by atoms with Crippen LogP contribution in [0.4, 0.5) is 0 Å². The fourth-order valence-corrected chi connectivity index (χ4v) is 11.3. The quantitative estimate of drug-likeness (QED) is 0.132. The Labute approximate surface area is 491 Å². The van der Waals surface area contributed by atoms with Gasteiger partial charge < -0.3 is 18.4 Å². The van der Waals surface area contributed by atoms with E-state index in [1.54, 1.807) is 0 Å². The molecule has 4 aromatic heterocycles. The van der Waals surface area contributed by atoms with Crippen molar-refractivity contribution in [2.75, 3.05) is 0 Å². The number of fused-ring (bicyclic) bond motifs is 6. The second-order valence-electron chi connectivity index (χ2n) is 21.8. The highest BCUT2D eigenvalue weighted by molar-refractivity contribution is 6.62. The van der Waals surface area contributed by atoms with E-state index in [-0.39, 0.29) is 0 Å². The van der Waals surface area contributed by atoms with Gasteiger partial charge in [0, 0.05) is 59.9 Å². The summed E-state index contributed by atoms with van der Waals surface area (Å²) in [7, 11) is -0.542. The van der Waals surface area contributed by atoms with Crippen LogP contribution in [0.25, 0.3) is 123 Å². The number of para-hydroxylation sites is 4. The molecule has 1 fully saturated rings. The zero-order chi connectivity index (χ0) is 56.9. The van der Waals surface area contributed by atoms with Crippen LogP contribution in [0.3, 0.4) is 0 Å². The predicted octanol–water partition coefficient (Wildman–Crippen LogP) is 16.9. The summed E-state index contributed by atoms with van der Waals surface area (Å²) in [6.45, 7) is 8.30. The molecule has 0 aliphatic carbocycles. The largest absolute Gasteiger partial charge is 0.494 e. The summed E-state index contributed by atoms with van der Waals surface area (Å²) < 4.78 is 17.6. The Morgan fingerprint density at radius 2 is 0.607 bits per heavy atom. The van der Waals surface area contributed by atoms with Crippen molar-refractivity contribution in [2.45, 2.75) is 38.9 Å². The molecule has 84 heavy (non-hydrogen) atoms. The molecule has 12 heteroatoms. The molecule has 0 unspecified atom stereocenters. The van der Waals surface area contributed by atoms with Gasteiger partial charge in [-0.3, -0.25) is 0 Å². The van der Waals surface area contributed by atoms with E-state index in [9.17, 15) is 0 Å². The maximum Gasteiger partial charge on any atom is 0.494 e. The molecule has 1 aliphatic rings. The van der Waals surface area contributed by atoms with Crippen molar-refractivity contribution in [3.63, 3.8) is 0 Å². The second-order valence-corrected chi connectivity index (χ2v) is 22.3. The average molecular weight is 1110 g/mol. The van der Waals surface area contributed by atoms with E-state index in [0.717, 1.165) is 72.3 Å². The standard InChI is InChI=1S/C39H33BN4O2.C33H21ClN4/c1-38(2)39(3,4)46-40(45-38)28-23-24-34(44-32-21-13-11-19-29(32)30-20-12-14-22-33(30)44)31(25-28)37-42-35(26-15-7-5-8-16-26)41-36(43-37)27-17-9-6-10-18-27;34-24-19-20-30(38-28-17-9-7-15-25(28)26-16-8-10-18-29(26)38)27(21-24)33-36-31(22-11-3-1-4-12-22)35-32(37-33)23-13-5-2-6-14-23/h5-25H,1-4H3;1-21H. The van der Waals surface area contributed by atoms with Crippen molar-refractivity contribution in [3.8, 4) is 79.7 Å². The average Bonchev–Trinajstić information content (AvgIpc) is 2.31. The van der Waals surface area contributed by atoms with E-state index in [0.29, 0.717) is 40.0 Å². The van der Waals surface area contributed by atoms with Crippen LogP contribution >= 0.6 is 11.6 Å². The summed E-state index contributed by atoms with van der Waals surface area (Å²) >= 11 is 6.60. The molecule has 0 radical (unpaired) electrons. The molecule has 14 aromatic rings. The zero-order valence-electron chi connectivity index (χ0n) is 46.6. The Balaban J connectivity index is 0.000000152. The van der Waals surface area contributed by atoms with E-state index in [4.69, 9.17) is 50.8 Å². The van der Waals surface area contributed by atoms with E-state index >= 15 is 0 Å². The predicted molar refractivity (Wildman–Crippen MR) is 342 cm³/mol. The number of hydrogen-bond donors (Lipinski definition) is 0. The smallest absolute Gasteiger partial charge is 0.399 e. The maximum atomic E-state index is 6.60. The fourth-order valence-electron chi connectivity index (χ4n) is 11.2. The molecule has 1 aliphatic heterocycles. The van der Waals surface area contributed by atoms with Gasteiger partial charge >= 0.3 is 7.12 Å². The van der Waals surface area contributed by atoms with Crippen LogP contribution in [-0.2, 0) is 9.31 Å². The third kappa shape index (κ3) is 9.57. The monoisotopic (exact) mass is 1110 g/mol. The number of hydrogen-bond acceptors (Lipinski definition) is 8. The molecular weight excluding hydrogens is 1060 g/mol. The van der Waals surface area contributed by atoms with Crippen molar-refractivity contribution in [1.29, 1.82) is 0 Å². The molecule has 404 valence electrons. The third-order valence-electron chi connectivity index (χ3n) is 16.0. The highest BCUT2D eigenvalue weighted by atomic mass is 35.5. The molecule has 15 rings (SSSR count). The first-order valence-corrected chi connectivity index (χ1v) is 28.4. The van der Waals surface area contributed by atoms with Gasteiger partial charge in [0.25, 0.3) is 0 Å². The van der Waals surface area contributed by atoms with Crippen molar-refractivity contribution >= 4 is 67.8 Å². The minimum absolute atomic E-state index is 0.475. The number of aromatic nitrogens is 8. The number of nitrogens with zero attached hydrogens (tertiary/aromatic N) is 8. The van der Waals surface area contributed by atoms with Gasteiger partial charge in [-0.05, 0) is 87.8 Å². The maximum absolute atomic E-state index is 6.60. The van der Waals surface area contributed by atoms with Gasteiger partial charge in [-0.1, -0.05) is 212 Å². The summed E-state index contributed by atoms with van der Waals surface area (Å²) in [6.07, 6.45) is 0. The molecule has 0 atom stereocenters. The van der Waals surface area contributed by atoms with E-state index in [1.165, 1.54) is 21.5 Å². The number of halogens is 1. The summed E-state index contributed by atoms with van der Waals surface area (Å²) in [6, 6.07) is 86.3. The highest BCUT2D eigenvalue weighted by Crippen LogP contribution is 2.41. The summed E-state index contributed by atoms with van der Waals surface area (Å²) in [4.78, 5) is 30.0. The third-order valence-corrected chi connectivity index (χ3v) is 16.3. The van der Waals surface area contributed by atoms with Crippen molar-refractivity contribution in [1.82, 2.24) is 39.0 Å². The Hall–Kier alpha value is -9.91. The van der Waals surface area contributed by atoms with Gasteiger partial charge in [0.05, 0.1) is 44.6 Å². The van der Waals surface area contributed by atoms with Gasteiger partial charge in [-0.15, -0.1) is 0 Å². The number of rotatable bonds is 9. The lowest BCUT2D eigenvalue weighted by Crippen LogP contribution is -2.41. The van der Waals surface area contributed by atoms with Gasteiger partial charge in [0.2, 0.25) is 0 Å². The minimum Gasteiger partial charge on any atom is -0.399 e. The second kappa shape index (κ2) is 21.4. The van der Waals surface area contributed by atoms with Crippen LogP contribution in [0.2, 0.25) is 5.02 Å². The van der Waals surface area contributed by atoms with Crippen LogP contribution in [0.1, 0.15) is 27.7 Å². The SMILES string of the molecule is CC1(C)OB(c2ccc(-n3c4ccccc4c4ccccc43)c(-c3nc(-c4ccccc4)nc(-c4ccccc4)n3)c2)OC1(C)C.Clc1ccc(-n2c3ccccc3c3ccccc32)c(-c2nc(-c3ccccc3)nc(-c3ccccc3)n2)c1. The Bertz CT molecular complexity index is 4530. The Morgan fingerprint density at radius 3 is 0.952 bits per heavy atom. The molecule has 10 aromatic carbocycles. The zero-order valence-corrected chi connectivity index (χ0v) is 47.4. The van der Waals surface area contributed by atoms with Crippen LogP contribution < -0.4 is 5.46 Å². The lowest BCUT2D eigenvalue weighted by molar-refractivity contribution is 0.00578. The van der Waals surface area contributed by atoms with Gasteiger partial charge in [-0.25, -0.2) is 29.9 Å². The van der Waals surface area contributed by atoms with Gasteiger partial charge in [-0.2, -0.15) is 0 Å². The normalized spacial score (nSPS) is 13.6. The van der Waals surface area contributed by atoms with Crippen LogP contribution in [0, 0.1) is 0 Å². The molecule has 0 saturated carbocycles. The molecule has 5 heterocycles. The molecule has 10 nitrogen and oxygen atoms in total. The first-order chi connectivity index (χ1) is 41.0. The van der Waals surface area contributed by atoms with Crippen LogP contribution in [-0.4, -0.2) is 57.4 Å². The summed E-state index contributed by atoms with van der Waals surface area (Å²) in [5.41, 5.74) is 11.7. The molecule has 0 bridgehead atoms. The first-order valence-electron chi connectivity index (χ1n) is 28.1. The summed E-state index contributed by atoms with van der Waals surface area (Å²) in [5, 5.41) is 5.37. The molecular formula is C72H54BClN8O2. The van der Waals surface area contributed by atoms with Crippen LogP contribution in [0.15, 0.2) is 255 Å². The molecule has 1 saturated heterocycles. The first kappa shape index (κ1) is 52.2. The lowest BCUT2D eigenvalue weighted by atomic mass is 9.78.